The highest BCUT2D eigenvalue weighted by molar-refractivity contribution is 9.10. The summed E-state index contributed by atoms with van der Waals surface area (Å²) in [6.07, 6.45) is 0.129. The van der Waals surface area contributed by atoms with E-state index in [9.17, 15) is 14.9 Å². The molecule has 0 saturated carbocycles. The predicted molar refractivity (Wildman–Crippen MR) is 102 cm³/mol. The molecule has 136 valence electrons. The molecule has 0 unspecified atom stereocenters. The van der Waals surface area contributed by atoms with Crippen LogP contribution in [0.4, 0.5) is 17.1 Å². The smallest absolute Gasteiger partial charge is 0.312 e. The van der Waals surface area contributed by atoms with Gasteiger partial charge in [-0.05, 0) is 38.5 Å². The number of nitrogens with one attached hydrogen (secondary N) is 1. The summed E-state index contributed by atoms with van der Waals surface area (Å²) < 4.78 is 2.29. The fourth-order valence-electron chi connectivity index (χ4n) is 2.45. The van der Waals surface area contributed by atoms with Crippen molar-refractivity contribution in [2.24, 2.45) is 0 Å². The number of carbonyl (C=O) groups excluding carboxylic acids is 1. The van der Waals surface area contributed by atoms with Gasteiger partial charge in [-0.1, -0.05) is 15.9 Å². The molecule has 0 saturated heterocycles. The van der Waals surface area contributed by atoms with Gasteiger partial charge in [0.1, 0.15) is 11.4 Å². The lowest BCUT2D eigenvalue weighted by Crippen LogP contribution is -2.16. The zero-order chi connectivity index (χ0) is 18.0. The topological polar surface area (TPSA) is 116 Å². The Balaban J connectivity index is 0.00000312. The lowest BCUT2D eigenvalue weighted by atomic mass is 10.1. The average Bonchev–Trinajstić information content (AvgIpc) is 2.76. The van der Waals surface area contributed by atoms with E-state index in [0.717, 1.165) is 10.0 Å². The molecular formula is C15H19BrClN5O3. The van der Waals surface area contributed by atoms with E-state index in [1.807, 2.05) is 13.0 Å². The molecule has 25 heavy (non-hydrogen) atoms. The maximum Gasteiger partial charge on any atom is 0.312 e. The number of carbonyl (C=O) groups is 1. The number of nitrogen functional groups attached to an aromatic ring is 1. The molecule has 0 aliphatic heterocycles. The minimum absolute atomic E-state index is 0. The van der Waals surface area contributed by atoms with Crippen LogP contribution in [0.15, 0.2) is 16.6 Å². The van der Waals surface area contributed by atoms with Gasteiger partial charge in [0, 0.05) is 10.9 Å². The highest BCUT2D eigenvalue weighted by atomic mass is 79.9. The summed E-state index contributed by atoms with van der Waals surface area (Å²) in [7, 11) is 0. The average molecular weight is 433 g/mol. The van der Waals surface area contributed by atoms with Gasteiger partial charge < -0.3 is 11.1 Å². The summed E-state index contributed by atoms with van der Waals surface area (Å²) in [5, 5.41) is 17.9. The normalized spacial score (nSPS) is 10.2. The van der Waals surface area contributed by atoms with Crippen LogP contribution >= 0.6 is 28.3 Å². The van der Waals surface area contributed by atoms with E-state index in [0.29, 0.717) is 22.8 Å². The van der Waals surface area contributed by atoms with Crippen LogP contribution in [0.3, 0.4) is 0 Å². The summed E-state index contributed by atoms with van der Waals surface area (Å²) in [5.74, 6) is -0.241. The number of rotatable bonds is 5. The van der Waals surface area contributed by atoms with Gasteiger partial charge in [0.25, 0.3) is 0 Å². The van der Waals surface area contributed by atoms with Crippen molar-refractivity contribution in [3.05, 3.63) is 43.7 Å². The lowest BCUT2D eigenvalue weighted by Gasteiger charge is -2.11. The summed E-state index contributed by atoms with van der Waals surface area (Å²) in [4.78, 5) is 22.7. The Labute approximate surface area is 159 Å². The van der Waals surface area contributed by atoms with E-state index in [2.05, 4.69) is 26.3 Å². The highest BCUT2D eigenvalue weighted by Crippen LogP contribution is 2.27. The molecule has 1 aromatic heterocycles. The van der Waals surface area contributed by atoms with Crippen molar-refractivity contribution in [1.82, 2.24) is 9.78 Å². The summed E-state index contributed by atoms with van der Waals surface area (Å²) in [6, 6.07) is 3.59. The molecule has 0 aliphatic carbocycles. The summed E-state index contributed by atoms with van der Waals surface area (Å²) in [6.45, 7) is 5.29. The number of hydrogen-bond acceptors (Lipinski definition) is 5. The molecule has 8 nitrogen and oxygen atoms in total. The van der Waals surface area contributed by atoms with Gasteiger partial charge in [0.2, 0.25) is 5.91 Å². The maximum absolute atomic E-state index is 12.1. The number of aromatic nitrogens is 2. The number of aryl methyl sites for hydroxylation is 3. The molecule has 1 amide bonds. The first-order valence-electron chi connectivity index (χ1n) is 7.24. The third-order valence-electron chi connectivity index (χ3n) is 3.70. The fourth-order valence-corrected chi connectivity index (χ4v) is 3.02. The van der Waals surface area contributed by atoms with E-state index >= 15 is 0 Å². The monoisotopic (exact) mass is 431 g/mol. The molecule has 2 aromatic rings. The van der Waals surface area contributed by atoms with E-state index in [1.165, 1.54) is 4.68 Å². The van der Waals surface area contributed by atoms with E-state index in [4.69, 9.17) is 5.73 Å². The second-order valence-corrected chi connectivity index (χ2v) is 6.40. The lowest BCUT2D eigenvalue weighted by molar-refractivity contribution is -0.386. The Kier molecular flexibility index (Phi) is 6.95. The van der Waals surface area contributed by atoms with E-state index in [1.54, 1.807) is 19.9 Å². The maximum atomic E-state index is 12.1. The summed E-state index contributed by atoms with van der Waals surface area (Å²) >= 11 is 3.36. The molecular weight excluding hydrogens is 414 g/mol. The van der Waals surface area contributed by atoms with Crippen LogP contribution < -0.4 is 11.1 Å². The minimum atomic E-state index is -0.459. The number of anilines is 2. The Hall–Kier alpha value is -2.13. The van der Waals surface area contributed by atoms with Gasteiger partial charge in [0.05, 0.1) is 22.8 Å². The molecule has 2 rings (SSSR count). The molecule has 0 spiro atoms. The minimum Gasteiger partial charge on any atom is -0.397 e. The van der Waals surface area contributed by atoms with Crippen molar-refractivity contribution in [2.75, 3.05) is 11.1 Å². The van der Waals surface area contributed by atoms with Crippen molar-refractivity contribution in [1.29, 1.82) is 0 Å². The number of amides is 1. The van der Waals surface area contributed by atoms with Gasteiger partial charge in [-0.15, -0.1) is 12.4 Å². The third kappa shape index (κ3) is 4.70. The van der Waals surface area contributed by atoms with Crippen molar-refractivity contribution in [2.45, 2.75) is 33.7 Å². The molecule has 0 aliphatic rings. The molecule has 0 radical (unpaired) electrons. The third-order valence-corrected chi connectivity index (χ3v) is 4.16. The zero-order valence-corrected chi connectivity index (χ0v) is 16.4. The molecule has 0 fully saturated rings. The number of nitrogens with two attached hydrogens (primary N) is 1. The van der Waals surface area contributed by atoms with Crippen LogP contribution in [0.2, 0.25) is 0 Å². The Morgan fingerprint density at radius 2 is 2.04 bits per heavy atom. The van der Waals surface area contributed by atoms with Crippen LogP contribution in [-0.2, 0) is 11.3 Å². The fraction of sp³-hybridized carbons (Fsp3) is 0.333. The van der Waals surface area contributed by atoms with Gasteiger partial charge >= 0.3 is 5.69 Å². The molecule has 3 N–H and O–H groups in total. The summed E-state index contributed by atoms with van der Waals surface area (Å²) in [5.41, 5.74) is 8.62. The van der Waals surface area contributed by atoms with E-state index < -0.39 is 4.92 Å². The quantitative estimate of drug-likeness (QED) is 0.426. The van der Waals surface area contributed by atoms with Gasteiger partial charge in [-0.2, -0.15) is 5.10 Å². The largest absolute Gasteiger partial charge is 0.397 e. The van der Waals surface area contributed by atoms with Crippen LogP contribution in [0.1, 0.15) is 23.4 Å². The first-order valence-corrected chi connectivity index (χ1v) is 8.04. The van der Waals surface area contributed by atoms with Crippen molar-refractivity contribution < 1.29 is 9.72 Å². The SMILES string of the molecule is Cc1cc(Br)cc(NC(=O)CCn2nc(C)c([N+](=O)[O-])c2C)c1N.Cl. The van der Waals surface area contributed by atoms with Crippen LogP contribution in [-0.4, -0.2) is 20.6 Å². The van der Waals surface area contributed by atoms with Crippen molar-refractivity contribution in [3.63, 3.8) is 0 Å². The van der Waals surface area contributed by atoms with Crippen LogP contribution in [0.25, 0.3) is 0 Å². The highest BCUT2D eigenvalue weighted by Gasteiger charge is 2.21. The standard InChI is InChI=1S/C15H18BrN5O3.ClH/c1-8-6-11(16)7-12(14(8)17)18-13(22)4-5-20-10(3)15(21(23)24)9(2)19-20;/h6-7H,4-5,17H2,1-3H3,(H,18,22);1H. The second kappa shape index (κ2) is 8.30. The Morgan fingerprint density at radius 1 is 1.40 bits per heavy atom. The number of benzene rings is 1. The predicted octanol–water partition coefficient (Wildman–Crippen LogP) is 3.51. The first kappa shape index (κ1) is 20.9. The number of nitrogens with zero attached hydrogens (tertiary/aromatic N) is 3. The molecule has 10 heteroatoms. The number of nitro groups is 1. The zero-order valence-electron chi connectivity index (χ0n) is 14.0. The molecule has 0 bridgehead atoms. The Morgan fingerprint density at radius 3 is 2.60 bits per heavy atom. The van der Waals surface area contributed by atoms with Crippen molar-refractivity contribution in [3.8, 4) is 0 Å². The molecule has 1 heterocycles. The first-order chi connectivity index (χ1) is 11.2. The number of hydrogen-bond donors (Lipinski definition) is 2. The molecule has 1 aromatic carbocycles. The van der Waals surface area contributed by atoms with Gasteiger partial charge in [0.15, 0.2) is 0 Å². The van der Waals surface area contributed by atoms with Gasteiger partial charge in [-0.25, -0.2) is 0 Å². The molecule has 0 atom stereocenters. The van der Waals surface area contributed by atoms with Crippen LogP contribution in [0.5, 0.6) is 0 Å². The second-order valence-electron chi connectivity index (χ2n) is 5.48. The van der Waals surface area contributed by atoms with Crippen molar-refractivity contribution >= 4 is 51.3 Å². The van der Waals surface area contributed by atoms with Crippen LogP contribution in [0, 0.1) is 30.9 Å². The van der Waals surface area contributed by atoms with E-state index in [-0.39, 0.29) is 37.0 Å². The number of halogens is 2. The van der Waals surface area contributed by atoms with Gasteiger partial charge in [-0.3, -0.25) is 19.6 Å². The Bertz CT molecular complexity index is 822.